The minimum Gasteiger partial charge on any atom is -0.396 e. The maximum absolute atomic E-state index is 13.8. The van der Waals surface area contributed by atoms with E-state index in [0.29, 0.717) is 24.3 Å². The van der Waals surface area contributed by atoms with Crippen molar-refractivity contribution in [1.29, 1.82) is 0 Å². The Hall–Kier alpha value is -2.41. The van der Waals surface area contributed by atoms with E-state index in [1.54, 1.807) is 29.3 Å². The molecule has 1 fully saturated rings. The molecule has 2 aromatic rings. The number of rotatable bonds is 7. The number of unbranched alkanes of at least 4 members (excludes halogenated alkanes) is 1. The highest BCUT2D eigenvalue weighted by molar-refractivity contribution is 5.89. The van der Waals surface area contributed by atoms with Crippen LogP contribution >= 0.6 is 0 Å². The number of aliphatic hydroxyl groups is 1. The Bertz CT molecular complexity index is 699. The molecule has 1 aliphatic rings. The third-order valence-electron chi connectivity index (χ3n) is 3.99. The van der Waals surface area contributed by atoms with Gasteiger partial charge >= 0.3 is 6.03 Å². The van der Waals surface area contributed by atoms with Crippen LogP contribution in [0.3, 0.4) is 0 Å². The number of halogens is 1. The van der Waals surface area contributed by atoms with E-state index in [2.05, 4.69) is 10.4 Å². The molecule has 0 atom stereocenters. The van der Waals surface area contributed by atoms with Gasteiger partial charge in [-0.05, 0) is 37.8 Å². The van der Waals surface area contributed by atoms with E-state index >= 15 is 0 Å². The summed E-state index contributed by atoms with van der Waals surface area (Å²) in [7, 11) is 0. The Labute approximate surface area is 139 Å². The topological polar surface area (TPSA) is 70.4 Å². The van der Waals surface area contributed by atoms with Crippen LogP contribution in [0.2, 0.25) is 0 Å². The van der Waals surface area contributed by atoms with E-state index < -0.39 is 0 Å². The highest BCUT2D eigenvalue weighted by Crippen LogP contribution is 2.28. The highest BCUT2D eigenvalue weighted by Gasteiger charge is 2.32. The SMILES string of the molecule is O=C(Nc1cnn(-c2ccccc2F)c1)N(CCCCO)C1CC1. The van der Waals surface area contributed by atoms with Gasteiger partial charge in [0.15, 0.2) is 0 Å². The second kappa shape index (κ2) is 7.44. The summed E-state index contributed by atoms with van der Waals surface area (Å²) in [5, 5.41) is 15.8. The fourth-order valence-electron chi connectivity index (χ4n) is 2.58. The van der Waals surface area contributed by atoms with Gasteiger partial charge in [-0.1, -0.05) is 12.1 Å². The molecule has 1 saturated carbocycles. The fourth-order valence-corrected chi connectivity index (χ4v) is 2.58. The number of benzene rings is 1. The maximum Gasteiger partial charge on any atom is 0.322 e. The van der Waals surface area contributed by atoms with Crippen LogP contribution in [0.4, 0.5) is 14.9 Å². The number of carbonyl (C=O) groups excluding carboxylic acids is 1. The minimum atomic E-state index is -0.373. The van der Waals surface area contributed by atoms with E-state index in [-0.39, 0.29) is 24.5 Å². The Morgan fingerprint density at radius 1 is 1.38 bits per heavy atom. The Morgan fingerprint density at radius 2 is 2.17 bits per heavy atom. The van der Waals surface area contributed by atoms with Crippen LogP contribution in [0.25, 0.3) is 5.69 Å². The molecule has 24 heavy (non-hydrogen) atoms. The first-order valence-corrected chi connectivity index (χ1v) is 8.17. The summed E-state index contributed by atoms with van der Waals surface area (Å²) in [4.78, 5) is 14.2. The number of anilines is 1. The molecule has 2 amide bonds. The molecule has 0 bridgehead atoms. The molecule has 128 valence electrons. The number of nitrogens with zero attached hydrogens (tertiary/aromatic N) is 3. The third-order valence-corrected chi connectivity index (χ3v) is 3.99. The first kappa shape index (κ1) is 16.4. The zero-order valence-electron chi connectivity index (χ0n) is 13.4. The number of para-hydroxylation sites is 1. The lowest BCUT2D eigenvalue weighted by atomic mass is 10.3. The highest BCUT2D eigenvalue weighted by atomic mass is 19.1. The van der Waals surface area contributed by atoms with Crippen molar-refractivity contribution in [2.45, 2.75) is 31.7 Å². The molecule has 0 unspecified atom stereocenters. The van der Waals surface area contributed by atoms with Crippen molar-refractivity contribution in [3.63, 3.8) is 0 Å². The number of urea groups is 1. The summed E-state index contributed by atoms with van der Waals surface area (Å²) in [5.74, 6) is -0.373. The predicted octanol–water partition coefficient (Wildman–Crippen LogP) is 2.78. The van der Waals surface area contributed by atoms with Crippen molar-refractivity contribution in [3.05, 3.63) is 42.5 Å². The zero-order chi connectivity index (χ0) is 16.9. The average Bonchev–Trinajstić information content (AvgIpc) is 3.31. The molecule has 3 rings (SSSR count). The number of hydrogen-bond donors (Lipinski definition) is 2. The lowest BCUT2D eigenvalue weighted by molar-refractivity contribution is 0.204. The summed E-state index contributed by atoms with van der Waals surface area (Å²) in [6.45, 7) is 0.758. The number of aliphatic hydroxyl groups excluding tert-OH is 1. The van der Waals surface area contributed by atoms with Gasteiger partial charge in [0.05, 0.1) is 18.1 Å². The van der Waals surface area contributed by atoms with Crippen LogP contribution in [0.5, 0.6) is 0 Å². The number of nitrogens with one attached hydrogen (secondary N) is 1. The fraction of sp³-hybridized carbons (Fsp3) is 0.412. The molecule has 1 aliphatic carbocycles. The minimum absolute atomic E-state index is 0.134. The van der Waals surface area contributed by atoms with Gasteiger partial charge in [0, 0.05) is 19.2 Å². The Kier molecular flexibility index (Phi) is 5.10. The summed E-state index contributed by atoms with van der Waals surface area (Å²) in [6.07, 6.45) is 6.58. The van der Waals surface area contributed by atoms with Crippen LogP contribution in [0, 0.1) is 5.82 Å². The molecule has 2 N–H and O–H groups in total. The molecule has 7 heteroatoms. The van der Waals surface area contributed by atoms with Crippen molar-refractivity contribution in [2.75, 3.05) is 18.5 Å². The van der Waals surface area contributed by atoms with Crippen molar-refractivity contribution in [1.82, 2.24) is 14.7 Å². The molecule has 1 aromatic heterocycles. The van der Waals surface area contributed by atoms with E-state index in [4.69, 9.17) is 5.11 Å². The third kappa shape index (κ3) is 3.91. The number of hydrogen-bond acceptors (Lipinski definition) is 3. The average molecular weight is 332 g/mol. The summed E-state index contributed by atoms with van der Waals surface area (Å²) < 4.78 is 15.2. The van der Waals surface area contributed by atoms with Crippen molar-refractivity contribution in [3.8, 4) is 5.69 Å². The first-order valence-electron chi connectivity index (χ1n) is 8.17. The molecule has 1 aromatic carbocycles. The van der Waals surface area contributed by atoms with Crippen LogP contribution in [-0.4, -0.2) is 45.0 Å². The quantitative estimate of drug-likeness (QED) is 0.766. The van der Waals surface area contributed by atoms with E-state index in [0.717, 1.165) is 19.3 Å². The van der Waals surface area contributed by atoms with Gasteiger partial charge < -0.3 is 15.3 Å². The second-order valence-electron chi connectivity index (χ2n) is 5.91. The monoisotopic (exact) mass is 332 g/mol. The lowest BCUT2D eigenvalue weighted by Crippen LogP contribution is -2.37. The molecule has 0 spiro atoms. The zero-order valence-corrected chi connectivity index (χ0v) is 13.4. The molecular weight excluding hydrogens is 311 g/mol. The van der Waals surface area contributed by atoms with Gasteiger partial charge in [-0.15, -0.1) is 0 Å². The molecular formula is C17H21FN4O2. The van der Waals surface area contributed by atoms with Gasteiger partial charge in [-0.2, -0.15) is 5.10 Å². The van der Waals surface area contributed by atoms with Crippen LogP contribution in [0.1, 0.15) is 25.7 Å². The van der Waals surface area contributed by atoms with Crippen LogP contribution in [-0.2, 0) is 0 Å². The Morgan fingerprint density at radius 3 is 2.88 bits per heavy atom. The van der Waals surface area contributed by atoms with E-state index in [1.165, 1.54) is 16.9 Å². The number of carbonyl (C=O) groups is 1. The van der Waals surface area contributed by atoms with Crippen LogP contribution in [0.15, 0.2) is 36.7 Å². The largest absolute Gasteiger partial charge is 0.396 e. The van der Waals surface area contributed by atoms with Gasteiger partial charge in [-0.3, -0.25) is 0 Å². The van der Waals surface area contributed by atoms with Gasteiger partial charge in [0.25, 0.3) is 0 Å². The second-order valence-corrected chi connectivity index (χ2v) is 5.91. The number of amides is 2. The smallest absolute Gasteiger partial charge is 0.322 e. The van der Waals surface area contributed by atoms with Gasteiger partial charge in [0.2, 0.25) is 0 Å². The lowest BCUT2D eigenvalue weighted by Gasteiger charge is -2.22. The molecule has 0 radical (unpaired) electrons. The van der Waals surface area contributed by atoms with Crippen molar-refractivity contribution >= 4 is 11.7 Å². The first-order chi connectivity index (χ1) is 11.7. The normalized spacial score (nSPS) is 13.8. The van der Waals surface area contributed by atoms with E-state index in [1.807, 2.05) is 0 Å². The standard InChI is InChI=1S/C17H21FN4O2/c18-15-5-1-2-6-16(15)22-12-13(11-19-22)20-17(24)21(14-7-8-14)9-3-4-10-23/h1-2,5-6,11-12,14,23H,3-4,7-10H2,(H,20,24). The maximum atomic E-state index is 13.8. The molecule has 0 saturated heterocycles. The molecule has 1 heterocycles. The van der Waals surface area contributed by atoms with Gasteiger partial charge in [0.1, 0.15) is 11.5 Å². The summed E-state index contributed by atoms with van der Waals surface area (Å²) >= 11 is 0. The van der Waals surface area contributed by atoms with Crippen molar-refractivity contribution < 1.29 is 14.3 Å². The Balaban J connectivity index is 1.65. The predicted molar refractivity (Wildman–Crippen MR) is 88.6 cm³/mol. The molecule has 6 nitrogen and oxygen atoms in total. The summed E-state index contributed by atoms with van der Waals surface area (Å²) in [5.41, 5.74) is 0.857. The number of aromatic nitrogens is 2. The van der Waals surface area contributed by atoms with E-state index in [9.17, 15) is 9.18 Å². The van der Waals surface area contributed by atoms with Crippen molar-refractivity contribution in [2.24, 2.45) is 0 Å². The molecule has 0 aliphatic heterocycles. The summed E-state index contributed by atoms with van der Waals surface area (Å²) in [6, 6.07) is 6.44. The van der Waals surface area contributed by atoms with Crippen LogP contribution < -0.4 is 5.32 Å². The van der Waals surface area contributed by atoms with Gasteiger partial charge in [-0.25, -0.2) is 13.9 Å².